The maximum Gasteiger partial charge on any atom is 0.177 e. The number of aromatic nitrogens is 5. The van der Waals surface area contributed by atoms with Crippen LogP contribution in [0.5, 0.6) is 5.75 Å². The van der Waals surface area contributed by atoms with Crippen LogP contribution in [0.3, 0.4) is 0 Å². The van der Waals surface area contributed by atoms with Crippen molar-refractivity contribution in [3.05, 3.63) is 78.1 Å². The van der Waals surface area contributed by atoms with Crippen LogP contribution >= 0.6 is 0 Å². The highest BCUT2D eigenvalue weighted by Gasteiger charge is 2.12. The molecule has 0 aliphatic heterocycles. The van der Waals surface area contributed by atoms with Gasteiger partial charge in [-0.25, -0.2) is 4.98 Å². The number of benzene rings is 1. The van der Waals surface area contributed by atoms with Gasteiger partial charge >= 0.3 is 0 Å². The molecule has 0 unspecified atom stereocenters. The number of pyridine rings is 1. The van der Waals surface area contributed by atoms with Crippen LogP contribution in [0.25, 0.3) is 11.5 Å². The molecule has 4 aromatic rings. The van der Waals surface area contributed by atoms with E-state index in [4.69, 9.17) is 9.26 Å². The Hall–Kier alpha value is -3.48. The van der Waals surface area contributed by atoms with Gasteiger partial charge in [-0.3, -0.25) is 10.1 Å². The molecule has 0 saturated carbocycles. The second-order valence-corrected chi connectivity index (χ2v) is 5.41. The van der Waals surface area contributed by atoms with Crippen molar-refractivity contribution < 1.29 is 9.26 Å². The van der Waals surface area contributed by atoms with Gasteiger partial charge in [-0.1, -0.05) is 29.4 Å². The summed E-state index contributed by atoms with van der Waals surface area (Å²) in [6, 6.07) is 15.5. The van der Waals surface area contributed by atoms with Gasteiger partial charge in [0, 0.05) is 24.2 Å². The number of hydrogen-bond donors (Lipinski definition) is 1. The Morgan fingerprint density at radius 2 is 1.96 bits per heavy atom. The summed E-state index contributed by atoms with van der Waals surface area (Å²) in [6.07, 6.45) is 3.76. The third-order valence-electron chi connectivity index (χ3n) is 3.66. The zero-order valence-electron chi connectivity index (χ0n) is 13.3. The first-order chi connectivity index (χ1) is 12.4. The lowest BCUT2D eigenvalue weighted by Gasteiger charge is -2.10. The number of para-hydroxylation sites is 1. The monoisotopic (exact) mass is 333 g/mol. The van der Waals surface area contributed by atoms with E-state index < -0.39 is 0 Å². The Balaban J connectivity index is 1.49. The van der Waals surface area contributed by atoms with Gasteiger partial charge in [0.15, 0.2) is 11.5 Å². The van der Waals surface area contributed by atoms with E-state index in [0.717, 1.165) is 22.8 Å². The Morgan fingerprint density at radius 1 is 1.04 bits per heavy atom. The predicted octanol–water partition coefficient (Wildman–Crippen LogP) is 3.02. The van der Waals surface area contributed by atoms with E-state index in [1.54, 1.807) is 6.20 Å². The van der Waals surface area contributed by atoms with E-state index in [2.05, 4.69) is 25.3 Å². The summed E-state index contributed by atoms with van der Waals surface area (Å²) in [4.78, 5) is 8.34. The number of H-pyrrole nitrogens is 1. The Morgan fingerprint density at radius 3 is 2.80 bits per heavy atom. The highest BCUT2D eigenvalue weighted by molar-refractivity contribution is 5.48. The Kier molecular flexibility index (Phi) is 4.20. The van der Waals surface area contributed by atoms with Crippen LogP contribution in [0, 0.1) is 0 Å². The van der Waals surface area contributed by atoms with E-state index in [1.807, 2.05) is 48.5 Å². The van der Waals surface area contributed by atoms with Gasteiger partial charge in [0.1, 0.15) is 24.4 Å². The minimum Gasteiger partial charge on any atom is -0.487 e. The molecular formula is C18H15N5O2. The van der Waals surface area contributed by atoms with Crippen LogP contribution in [-0.2, 0) is 13.0 Å². The van der Waals surface area contributed by atoms with E-state index >= 15 is 0 Å². The average Bonchev–Trinajstić information content (AvgIpc) is 3.33. The molecule has 0 bridgehead atoms. The smallest absolute Gasteiger partial charge is 0.177 e. The molecule has 0 amide bonds. The lowest BCUT2D eigenvalue weighted by molar-refractivity contribution is 0.297. The molecule has 1 aromatic carbocycles. The van der Waals surface area contributed by atoms with E-state index in [0.29, 0.717) is 24.5 Å². The zero-order chi connectivity index (χ0) is 16.9. The van der Waals surface area contributed by atoms with Crippen molar-refractivity contribution >= 4 is 0 Å². The number of aromatic amines is 1. The standard InChI is InChI=1S/C18H15N5O2/c1-2-7-17(24-11-14-6-3-4-8-19-14)13(5-1)9-15-10-16(23-25-15)18-20-12-21-22-18/h1-8,10,12H,9,11H2,(H,20,21,22). The van der Waals surface area contributed by atoms with Crippen molar-refractivity contribution in [1.29, 1.82) is 0 Å². The molecule has 0 radical (unpaired) electrons. The first kappa shape index (κ1) is 15.1. The van der Waals surface area contributed by atoms with E-state index in [1.165, 1.54) is 6.33 Å². The normalized spacial score (nSPS) is 10.7. The molecule has 25 heavy (non-hydrogen) atoms. The molecule has 124 valence electrons. The van der Waals surface area contributed by atoms with E-state index in [9.17, 15) is 0 Å². The van der Waals surface area contributed by atoms with Crippen molar-refractivity contribution in [2.24, 2.45) is 0 Å². The molecule has 0 aliphatic carbocycles. The highest BCUT2D eigenvalue weighted by Crippen LogP contribution is 2.24. The summed E-state index contributed by atoms with van der Waals surface area (Å²) >= 11 is 0. The van der Waals surface area contributed by atoms with Gasteiger partial charge in [0.05, 0.1) is 5.69 Å². The van der Waals surface area contributed by atoms with Gasteiger partial charge in [-0.05, 0) is 18.2 Å². The molecule has 4 rings (SSSR count). The van der Waals surface area contributed by atoms with Crippen LogP contribution in [-0.4, -0.2) is 25.3 Å². The van der Waals surface area contributed by atoms with Crippen LogP contribution < -0.4 is 4.74 Å². The minimum absolute atomic E-state index is 0.414. The molecule has 0 aliphatic rings. The first-order valence-electron chi connectivity index (χ1n) is 7.80. The molecule has 0 spiro atoms. The number of nitrogens with one attached hydrogen (secondary N) is 1. The molecule has 0 fully saturated rings. The maximum atomic E-state index is 5.92. The lowest BCUT2D eigenvalue weighted by Crippen LogP contribution is -2.00. The number of rotatable bonds is 6. The third kappa shape index (κ3) is 3.55. The number of ether oxygens (including phenoxy) is 1. The van der Waals surface area contributed by atoms with Gasteiger partial charge < -0.3 is 9.26 Å². The minimum atomic E-state index is 0.414. The summed E-state index contributed by atoms with van der Waals surface area (Å²) in [5, 5.41) is 10.6. The maximum absolute atomic E-state index is 5.92. The molecule has 3 heterocycles. The largest absolute Gasteiger partial charge is 0.487 e. The molecule has 3 aromatic heterocycles. The van der Waals surface area contributed by atoms with Crippen LogP contribution in [0.1, 0.15) is 17.0 Å². The highest BCUT2D eigenvalue weighted by atomic mass is 16.5. The fourth-order valence-electron chi connectivity index (χ4n) is 2.45. The van der Waals surface area contributed by atoms with E-state index in [-0.39, 0.29) is 0 Å². The molecular weight excluding hydrogens is 318 g/mol. The van der Waals surface area contributed by atoms with Crippen molar-refractivity contribution in [2.45, 2.75) is 13.0 Å². The number of hydrogen-bond acceptors (Lipinski definition) is 6. The summed E-state index contributed by atoms with van der Waals surface area (Å²) < 4.78 is 11.3. The molecule has 1 N–H and O–H groups in total. The predicted molar refractivity (Wildman–Crippen MR) is 89.7 cm³/mol. The second-order valence-electron chi connectivity index (χ2n) is 5.41. The zero-order valence-corrected chi connectivity index (χ0v) is 13.3. The summed E-state index contributed by atoms with van der Waals surface area (Å²) in [5.74, 6) is 2.10. The Bertz CT molecular complexity index is 935. The molecule has 0 atom stereocenters. The van der Waals surface area contributed by atoms with Gasteiger partial charge in [0.25, 0.3) is 0 Å². The molecule has 0 saturated heterocycles. The van der Waals surface area contributed by atoms with Crippen molar-refractivity contribution in [2.75, 3.05) is 0 Å². The van der Waals surface area contributed by atoms with Crippen LogP contribution in [0.4, 0.5) is 0 Å². The quantitative estimate of drug-likeness (QED) is 0.583. The fourth-order valence-corrected chi connectivity index (χ4v) is 2.45. The average molecular weight is 333 g/mol. The van der Waals surface area contributed by atoms with Crippen molar-refractivity contribution in [3.63, 3.8) is 0 Å². The van der Waals surface area contributed by atoms with Gasteiger partial charge in [-0.2, -0.15) is 5.10 Å². The van der Waals surface area contributed by atoms with Crippen LogP contribution in [0.15, 0.2) is 65.6 Å². The van der Waals surface area contributed by atoms with Gasteiger partial charge in [-0.15, -0.1) is 0 Å². The third-order valence-corrected chi connectivity index (χ3v) is 3.66. The summed E-state index contributed by atoms with van der Waals surface area (Å²) in [6.45, 7) is 0.414. The topological polar surface area (TPSA) is 89.7 Å². The molecule has 7 heteroatoms. The SMILES string of the molecule is c1ccc(COc2ccccc2Cc2cc(-c3ncn[nH]3)no2)nc1. The van der Waals surface area contributed by atoms with Crippen molar-refractivity contribution in [3.8, 4) is 17.3 Å². The van der Waals surface area contributed by atoms with Gasteiger partial charge in [0.2, 0.25) is 0 Å². The lowest BCUT2D eigenvalue weighted by atomic mass is 10.1. The second kappa shape index (κ2) is 6.96. The fraction of sp³-hybridized carbons (Fsp3) is 0.111. The van der Waals surface area contributed by atoms with Crippen molar-refractivity contribution in [1.82, 2.24) is 25.3 Å². The number of nitrogens with zero attached hydrogens (tertiary/aromatic N) is 4. The van der Waals surface area contributed by atoms with Crippen LogP contribution in [0.2, 0.25) is 0 Å². The summed E-state index contributed by atoms with van der Waals surface area (Å²) in [5.41, 5.74) is 2.52. The first-order valence-corrected chi connectivity index (χ1v) is 7.80. The Labute approximate surface area is 143 Å². The summed E-state index contributed by atoms with van der Waals surface area (Å²) in [7, 11) is 0. The molecule has 7 nitrogen and oxygen atoms in total.